The van der Waals surface area contributed by atoms with Gasteiger partial charge in [-0.05, 0) is 37.8 Å². The van der Waals surface area contributed by atoms with Crippen molar-refractivity contribution >= 4 is 5.91 Å². The number of carbonyl (C=O) groups excluding carboxylic acids is 1. The molecule has 0 aliphatic carbocycles. The third-order valence-electron chi connectivity index (χ3n) is 4.68. The third kappa shape index (κ3) is 3.84. The molecule has 3 rings (SSSR count). The molecular formula is C17H25N3O2. The highest BCUT2D eigenvalue weighted by Crippen LogP contribution is 2.20. The molecule has 0 N–H and O–H groups in total. The molecule has 1 aromatic rings. The summed E-state index contributed by atoms with van der Waals surface area (Å²) >= 11 is 0. The number of hydrogen-bond donors (Lipinski definition) is 0. The number of hydrogen-bond acceptors (Lipinski definition) is 4. The number of likely N-dealkylation sites (tertiary alicyclic amines) is 1. The van der Waals surface area contributed by atoms with Crippen LogP contribution in [0.15, 0.2) is 18.3 Å². The summed E-state index contributed by atoms with van der Waals surface area (Å²) in [5.41, 5.74) is 1.65. The highest BCUT2D eigenvalue weighted by molar-refractivity contribution is 5.93. The van der Waals surface area contributed by atoms with Crippen molar-refractivity contribution in [2.75, 3.05) is 45.9 Å². The van der Waals surface area contributed by atoms with Gasteiger partial charge in [-0.25, -0.2) is 0 Å². The van der Waals surface area contributed by atoms with Gasteiger partial charge in [0.05, 0.1) is 18.8 Å². The fourth-order valence-electron chi connectivity index (χ4n) is 3.24. The zero-order valence-corrected chi connectivity index (χ0v) is 13.3. The van der Waals surface area contributed by atoms with Crippen LogP contribution in [0.25, 0.3) is 0 Å². The fraction of sp³-hybridized carbons (Fsp3) is 0.647. The number of carbonyl (C=O) groups is 1. The molecule has 0 bridgehead atoms. The molecule has 0 atom stereocenters. The first-order valence-electron chi connectivity index (χ1n) is 8.24. The van der Waals surface area contributed by atoms with E-state index in [4.69, 9.17) is 4.74 Å². The van der Waals surface area contributed by atoms with E-state index in [2.05, 4.69) is 9.88 Å². The van der Waals surface area contributed by atoms with Crippen molar-refractivity contribution in [3.05, 3.63) is 29.6 Å². The average Bonchev–Trinajstić information content (AvgIpc) is 2.57. The topological polar surface area (TPSA) is 45.7 Å². The molecule has 2 aliphatic rings. The van der Waals surface area contributed by atoms with E-state index in [-0.39, 0.29) is 5.91 Å². The van der Waals surface area contributed by atoms with Crippen LogP contribution < -0.4 is 0 Å². The normalized spacial score (nSPS) is 21.0. The maximum Gasteiger partial charge on any atom is 0.255 e. The second kappa shape index (κ2) is 7.20. The molecule has 0 radical (unpaired) electrons. The van der Waals surface area contributed by atoms with E-state index in [1.54, 1.807) is 6.20 Å². The number of aromatic nitrogens is 1. The molecule has 2 saturated heterocycles. The lowest BCUT2D eigenvalue weighted by Crippen LogP contribution is -2.44. The molecule has 2 aliphatic heterocycles. The van der Waals surface area contributed by atoms with Crippen LogP contribution >= 0.6 is 0 Å². The Morgan fingerprint density at radius 2 is 1.95 bits per heavy atom. The van der Waals surface area contributed by atoms with Gasteiger partial charge in [-0.3, -0.25) is 14.7 Å². The van der Waals surface area contributed by atoms with Crippen molar-refractivity contribution in [2.45, 2.75) is 19.8 Å². The van der Waals surface area contributed by atoms with Crippen molar-refractivity contribution in [2.24, 2.45) is 5.92 Å². The predicted octanol–water partition coefficient (Wildman–Crippen LogP) is 1.57. The molecule has 3 heterocycles. The van der Waals surface area contributed by atoms with Gasteiger partial charge < -0.3 is 9.64 Å². The minimum Gasteiger partial charge on any atom is -0.379 e. The van der Waals surface area contributed by atoms with Crippen molar-refractivity contribution in [3.63, 3.8) is 0 Å². The summed E-state index contributed by atoms with van der Waals surface area (Å²) in [6.07, 6.45) is 3.89. The van der Waals surface area contributed by atoms with E-state index < -0.39 is 0 Å². The number of morpholine rings is 1. The van der Waals surface area contributed by atoms with Crippen molar-refractivity contribution in [3.8, 4) is 0 Å². The van der Waals surface area contributed by atoms with Crippen LogP contribution in [0.1, 0.15) is 28.9 Å². The minimum absolute atomic E-state index is 0.123. The summed E-state index contributed by atoms with van der Waals surface area (Å²) < 4.78 is 5.39. The molecular weight excluding hydrogens is 278 g/mol. The van der Waals surface area contributed by atoms with Gasteiger partial charge in [0.15, 0.2) is 0 Å². The van der Waals surface area contributed by atoms with Gasteiger partial charge in [-0.1, -0.05) is 0 Å². The number of nitrogens with zero attached hydrogens (tertiary/aromatic N) is 3. The van der Waals surface area contributed by atoms with Crippen LogP contribution in [0.3, 0.4) is 0 Å². The highest BCUT2D eigenvalue weighted by atomic mass is 16.5. The van der Waals surface area contributed by atoms with E-state index in [1.807, 2.05) is 24.0 Å². The van der Waals surface area contributed by atoms with Crippen LogP contribution in [-0.4, -0.2) is 66.6 Å². The van der Waals surface area contributed by atoms with Gasteiger partial charge >= 0.3 is 0 Å². The summed E-state index contributed by atoms with van der Waals surface area (Å²) in [4.78, 5) is 21.2. The quantitative estimate of drug-likeness (QED) is 0.850. The van der Waals surface area contributed by atoms with Crippen LogP contribution in [-0.2, 0) is 4.74 Å². The molecule has 5 nitrogen and oxygen atoms in total. The van der Waals surface area contributed by atoms with Gasteiger partial charge in [-0.2, -0.15) is 0 Å². The Bertz CT molecular complexity index is 489. The summed E-state index contributed by atoms with van der Waals surface area (Å²) in [6.45, 7) is 8.63. The van der Waals surface area contributed by atoms with Gasteiger partial charge in [-0.15, -0.1) is 0 Å². The van der Waals surface area contributed by atoms with E-state index in [0.29, 0.717) is 11.5 Å². The molecule has 0 unspecified atom stereocenters. The average molecular weight is 303 g/mol. The Labute approximate surface area is 132 Å². The summed E-state index contributed by atoms with van der Waals surface area (Å²) in [7, 11) is 0. The van der Waals surface area contributed by atoms with Crippen LogP contribution in [0.4, 0.5) is 0 Å². The first-order valence-corrected chi connectivity index (χ1v) is 8.24. The Kier molecular flexibility index (Phi) is 5.05. The monoisotopic (exact) mass is 303 g/mol. The molecule has 5 heteroatoms. The molecule has 1 aromatic heterocycles. The van der Waals surface area contributed by atoms with Gasteiger partial charge in [0.25, 0.3) is 5.91 Å². The van der Waals surface area contributed by atoms with E-state index in [9.17, 15) is 4.79 Å². The van der Waals surface area contributed by atoms with Gasteiger partial charge in [0.1, 0.15) is 0 Å². The second-order valence-electron chi connectivity index (χ2n) is 6.34. The highest BCUT2D eigenvalue weighted by Gasteiger charge is 2.25. The fourth-order valence-corrected chi connectivity index (χ4v) is 3.24. The number of rotatable bonds is 3. The first-order chi connectivity index (χ1) is 10.7. The van der Waals surface area contributed by atoms with Crippen LogP contribution in [0, 0.1) is 12.8 Å². The lowest BCUT2D eigenvalue weighted by Gasteiger charge is -2.36. The third-order valence-corrected chi connectivity index (χ3v) is 4.68. The SMILES string of the molecule is Cc1ccc(C(=O)N2CCC(CN3CCOCC3)CC2)cn1. The first kappa shape index (κ1) is 15.4. The summed E-state index contributed by atoms with van der Waals surface area (Å²) in [5.74, 6) is 0.829. The van der Waals surface area contributed by atoms with Crippen LogP contribution in [0.5, 0.6) is 0 Å². The Morgan fingerprint density at radius 3 is 2.59 bits per heavy atom. The number of ether oxygens (including phenoxy) is 1. The zero-order valence-electron chi connectivity index (χ0n) is 13.3. The Morgan fingerprint density at radius 1 is 1.23 bits per heavy atom. The molecule has 0 aromatic carbocycles. The van der Waals surface area contributed by atoms with Crippen LogP contribution in [0.2, 0.25) is 0 Å². The number of aryl methyl sites for hydroxylation is 1. The maximum atomic E-state index is 12.5. The smallest absolute Gasteiger partial charge is 0.255 e. The lowest BCUT2D eigenvalue weighted by atomic mass is 9.95. The molecule has 22 heavy (non-hydrogen) atoms. The summed E-state index contributed by atoms with van der Waals surface area (Å²) in [5, 5.41) is 0. The molecule has 0 spiro atoms. The van der Waals surface area contributed by atoms with Gasteiger partial charge in [0, 0.05) is 44.6 Å². The second-order valence-corrected chi connectivity index (χ2v) is 6.34. The Balaban J connectivity index is 1.48. The standard InChI is InChI=1S/C17H25N3O2/c1-14-2-3-16(12-18-14)17(21)20-6-4-15(5-7-20)13-19-8-10-22-11-9-19/h2-3,12,15H,4-11,13H2,1H3. The van der Waals surface area contributed by atoms with Gasteiger partial charge in [0.2, 0.25) is 0 Å². The number of pyridine rings is 1. The molecule has 2 fully saturated rings. The lowest BCUT2D eigenvalue weighted by molar-refractivity contribution is 0.0243. The predicted molar refractivity (Wildman–Crippen MR) is 84.9 cm³/mol. The van der Waals surface area contributed by atoms with E-state index >= 15 is 0 Å². The number of piperidine rings is 1. The molecule has 1 amide bonds. The largest absolute Gasteiger partial charge is 0.379 e. The van der Waals surface area contributed by atoms with E-state index in [0.717, 1.165) is 64.5 Å². The Hall–Kier alpha value is -1.46. The van der Waals surface area contributed by atoms with E-state index in [1.165, 1.54) is 0 Å². The van der Waals surface area contributed by atoms with Crippen molar-refractivity contribution in [1.82, 2.24) is 14.8 Å². The molecule has 0 saturated carbocycles. The maximum absolute atomic E-state index is 12.5. The molecule has 120 valence electrons. The number of amides is 1. The van der Waals surface area contributed by atoms with Crippen molar-refractivity contribution < 1.29 is 9.53 Å². The zero-order chi connectivity index (χ0) is 15.4. The minimum atomic E-state index is 0.123. The summed E-state index contributed by atoms with van der Waals surface area (Å²) in [6, 6.07) is 3.78. The van der Waals surface area contributed by atoms with Crippen molar-refractivity contribution in [1.29, 1.82) is 0 Å².